The molecule has 0 bridgehead atoms. The quantitative estimate of drug-likeness (QED) is 0.927. The number of halogens is 2. The molecule has 1 N–H and O–H groups in total. The second kappa shape index (κ2) is 6.25. The number of amides is 1. The molecule has 2 aromatic rings. The maximum atomic E-state index is 12.7. The lowest BCUT2D eigenvalue weighted by molar-refractivity contribution is 0.215. The fourth-order valence-electron chi connectivity index (χ4n) is 1.52. The Morgan fingerprint density at radius 1 is 1.20 bits per heavy atom. The van der Waals surface area contributed by atoms with E-state index >= 15 is 0 Å². The van der Waals surface area contributed by atoms with E-state index in [1.54, 1.807) is 12.1 Å². The highest BCUT2D eigenvalue weighted by Crippen LogP contribution is 2.27. The van der Waals surface area contributed by atoms with Gasteiger partial charge in [-0.05, 0) is 42.5 Å². The molecule has 0 aromatic heterocycles. The number of hydrogen-bond acceptors (Lipinski definition) is 3. The second-order valence-corrected chi connectivity index (χ2v) is 4.25. The number of rotatable bonds is 3. The van der Waals surface area contributed by atoms with Crippen LogP contribution in [0.25, 0.3) is 0 Å². The van der Waals surface area contributed by atoms with Crippen molar-refractivity contribution in [1.29, 1.82) is 0 Å². The molecular weight excluding hydrogens is 285 g/mol. The smallest absolute Gasteiger partial charge is 0.417 e. The number of methoxy groups -OCH3 is 1. The van der Waals surface area contributed by atoms with Crippen molar-refractivity contribution < 1.29 is 18.7 Å². The zero-order valence-electron chi connectivity index (χ0n) is 10.5. The van der Waals surface area contributed by atoms with Gasteiger partial charge in [0.05, 0.1) is 12.8 Å². The summed E-state index contributed by atoms with van der Waals surface area (Å²) in [6.07, 6.45) is -0.725. The first-order valence-electron chi connectivity index (χ1n) is 5.66. The van der Waals surface area contributed by atoms with Gasteiger partial charge in [0, 0.05) is 5.02 Å². The van der Waals surface area contributed by atoms with E-state index in [2.05, 4.69) is 5.32 Å². The maximum absolute atomic E-state index is 12.7. The lowest BCUT2D eigenvalue weighted by Gasteiger charge is -2.10. The number of benzene rings is 2. The van der Waals surface area contributed by atoms with E-state index in [1.165, 1.54) is 37.4 Å². The van der Waals surface area contributed by atoms with Crippen molar-refractivity contribution in [3.63, 3.8) is 0 Å². The minimum atomic E-state index is -0.725. The number of hydrogen-bond donors (Lipinski definition) is 1. The topological polar surface area (TPSA) is 47.6 Å². The highest BCUT2D eigenvalue weighted by molar-refractivity contribution is 6.31. The van der Waals surface area contributed by atoms with Gasteiger partial charge in [-0.3, -0.25) is 5.32 Å². The van der Waals surface area contributed by atoms with Crippen LogP contribution in [0, 0.1) is 5.82 Å². The van der Waals surface area contributed by atoms with E-state index in [4.69, 9.17) is 21.1 Å². The molecule has 0 aliphatic rings. The Bertz CT molecular complexity index is 616. The molecule has 0 heterocycles. The standard InChI is InChI=1S/C14H11ClFNO3/c1-19-13-7-2-9(15)8-12(13)17-14(18)20-11-5-3-10(16)4-6-11/h2-8H,1H3,(H,17,18). The molecule has 2 rings (SSSR count). The molecule has 0 unspecified atom stereocenters. The van der Waals surface area contributed by atoms with Gasteiger partial charge in [-0.15, -0.1) is 0 Å². The Hall–Kier alpha value is -2.27. The molecule has 20 heavy (non-hydrogen) atoms. The van der Waals surface area contributed by atoms with Crippen LogP contribution in [0.4, 0.5) is 14.9 Å². The lowest BCUT2D eigenvalue weighted by Crippen LogP contribution is -2.17. The summed E-state index contributed by atoms with van der Waals surface area (Å²) in [6, 6.07) is 9.89. The molecule has 0 aliphatic carbocycles. The SMILES string of the molecule is COc1ccc(Cl)cc1NC(=O)Oc1ccc(F)cc1. The zero-order valence-corrected chi connectivity index (χ0v) is 11.3. The van der Waals surface area contributed by atoms with E-state index in [1.807, 2.05) is 0 Å². The minimum Gasteiger partial charge on any atom is -0.495 e. The third-order valence-corrected chi connectivity index (χ3v) is 2.66. The summed E-state index contributed by atoms with van der Waals surface area (Å²) in [5.74, 6) is 0.268. The molecule has 0 fully saturated rings. The van der Waals surface area contributed by atoms with Crippen molar-refractivity contribution in [2.75, 3.05) is 12.4 Å². The van der Waals surface area contributed by atoms with Crippen molar-refractivity contribution >= 4 is 23.4 Å². The van der Waals surface area contributed by atoms with Gasteiger partial charge in [-0.25, -0.2) is 9.18 Å². The Labute approximate surface area is 120 Å². The van der Waals surface area contributed by atoms with Gasteiger partial charge >= 0.3 is 6.09 Å². The van der Waals surface area contributed by atoms with Crippen molar-refractivity contribution in [3.8, 4) is 11.5 Å². The summed E-state index contributed by atoms with van der Waals surface area (Å²) in [7, 11) is 1.47. The van der Waals surface area contributed by atoms with Gasteiger partial charge in [-0.2, -0.15) is 0 Å². The molecule has 1 amide bonds. The van der Waals surface area contributed by atoms with Gasteiger partial charge < -0.3 is 9.47 Å². The van der Waals surface area contributed by atoms with E-state index in [0.29, 0.717) is 16.5 Å². The van der Waals surface area contributed by atoms with Crippen LogP contribution in [0.3, 0.4) is 0 Å². The van der Waals surface area contributed by atoms with Gasteiger partial charge in [0.25, 0.3) is 0 Å². The van der Waals surface area contributed by atoms with Crippen LogP contribution < -0.4 is 14.8 Å². The van der Waals surface area contributed by atoms with Crippen molar-refractivity contribution in [3.05, 3.63) is 53.3 Å². The molecule has 6 heteroatoms. The van der Waals surface area contributed by atoms with Gasteiger partial charge in [0.1, 0.15) is 17.3 Å². The number of anilines is 1. The highest BCUT2D eigenvalue weighted by Gasteiger charge is 2.10. The molecule has 0 aliphatic heterocycles. The summed E-state index contributed by atoms with van der Waals surface area (Å²) >= 11 is 5.85. The van der Waals surface area contributed by atoms with E-state index in [-0.39, 0.29) is 5.75 Å². The number of ether oxygens (including phenoxy) is 2. The molecule has 4 nitrogen and oxygen atoms in total. The van der Waals surface area contributed by atoms with Gasteiger partial charge in [0.2, 0.25) is 0 Å². The molecule has 104 valence electrons. The summed E-state index contributed by atoms with van der Waals surface area (Å²) in [5, 5.41) is 2.95. The van der Waals surface area contributed by atoms with E-state index < -0.39 is 11.9 Å². The van der Waals surface area contributed by atoms with Crippen LogP contribution in [-0.2, 0) is 0 Å². The molecule has 0 saturated heterocycles. The third-order valence-electron chi connectivity index (χ3n) is 2.42. The Morgan fingerprint density at radius 2 is 1.90 bits per heavy atom. The fraction of sp³-hybridized carbons (Fsp3) is 0.0714. The fourth-order valence-corrected chi connectivity index (χ4v) is 1.70. The second-order valence-electron chi connectivity index (χ2n) is 3.81. The predicted molar refractivity (Wildman–Crippen MR) is 74.1 cm³/mol. The molecule has 0 spiro atoms. The van der Waals surface area contributed by atoms with Crippen LogP contribution >= 0.6 is 11.6 Å². The predicted octanol–water partition coefficient (Wildman–Crippen LogP) is 4.10. The molecule has 2 aromatic carbocycles. The van der Waals surface area contributed by atoms with Crippen molar-refractivity contribution in [2.45, 2.75) is 0 Å². The van der Waals surface area contributed by atoms with Crippen molar-refractivity contribution in [1.82, 2.24) is 0 Å². The summed E-state index contributed by atoms with van der Waals surface area (Å²) in [5.41, 5.74) is 0.382. The largest absolute Gasteiger partial charge is 0.495 e. The monoisotopic (exact) mass is 295 g/mol. The number of carbonyl (C=O) groups is 1. The number of nitrogens with one attached hydrogen (secondary N) is 1. The zero-order chi connectivity index (χ0) is 14.5. The van der Waals surface area contributed by atoms with Gasteiger partial charge in [0.15, 0.2) is 0 Å². The Morgan fingerprint density at radius 3 is 2.55 bits per heavy atom. The van der Waals surface area contributed by atoms with Crippen LogP contribution in [0.1, 0.15) is 0 Å². The first-order valence-corrected chi connectivity index (χ1v) is 6.04. The highest BCUT2D eigenvalue weighted by atomic mass is 35.5. The summed E-state index contributed by atoms with van der Waals surface area (Å²) in [4.78, 5) is 11.7. The molecular formula is C14H11ClFNO3. The summed E-state index contributed by atoms with van der Waals surface area (Å²) in [6.45, 7) is 0. The van der Waals surface area contributed by atoms with Crippen LogP contribution in [0.15, 0.2) is 42.5 Å². The lowest BCUT2D eigenvalue weighted by atomic mass is 10.3. The van der Waals surface area contributed by atoms with Crippen LogP contribution in [0.5, 0.6) is 11.5 Å². The van der Waals surface area contributed by atoms with Gasteiger partial charge in [-0.1, -0.05) is 11.6 Å². The number of carbonyl (C=O) groups excluding carboxylic acids is 1. The molecule has 0 atom stereocenters. The Kier molecular flexibility index (Phi) is 4.42. The molecule has 0 saturated carbocycles. The molecule has 0 radical (unpaired) electrons. The Balaban J connectivity index is 2.08. The normalized spacial score (nSPS) is 9.95. The summed E-state index contributed by atoms with van der Waals surface area (Å²) < 4.78 is 22.8. The maximum Gasteiger partial charge on any atom is 0.417 e. The average molecular weight is 296 g/mol. The first kappa shape index (κ1) is 14.1. The van der Waals surface area contributed by atoms with Crippen molar-refractivity contribution in [2.24, 2.45) is 0 Å². The minimum absolute atomic E-state index is 0.227. The average Bonchev–Trinajstić information content (AvgIpc) is 2.41. The van der Waals surface area contributed by atoms with E-state index in [9.17, 15) is 9.18 Å². The van der Waals surface area contributed by atoms with Crippen LogP contribution in [0.2, 0.25) is 5.02 Å². The first-order chi connectivity index (χ1) is 9.58. The van der Waals surface area contributed by atoms with E-state index in [0.717, 1.165) is 0 Å². The van der Waals surface area contributed by atoms with Crippen LogP contribution in [-0.4, -0.2) is 13.2 Å². The third kappa shape index (κ3) is 3.61.